The Morgan fingerprint density at radius 3 is 2.73 bits per heavy atom. The molecule has 4 nitrogen and oxygen atoms in total. The van der Waals surface area contributed by atoms with Crippen LogP contribution < -0.4 is 5.73 Å². The summed E-state index contributed by atoms with van der Waals surface area (Å²) in [6.07, 6.45) is 1.15. The molecule has 82 valence electrons. The van der Waals surface area contributed by atoms with E-state index >= 15 is 0 Å². The number of nitrogens with two attached hydrogens (primary N) is 1. The number of non-ortho nitro benzene ring substituents is 1. The molecule has 2 N–H and O–H groups in total. The molecule has 0 radical (unpaired) electrons. The average molecular weight is 212 g/mol. The normalized spacial score (nSPS) is 12.5. The van der Waals surface area contributed by atoms with Crippen LogP contribution >= 0.6 is 0 Å². The summed E-state index contributed by atoms with van der Waals surface area (Å²) >= 11 is 0. The van der Waals surface area contributed by atoms with Crippen molar-refractivity contribution in [2.75, 3.05) is 0 Å². The molecule has 0 spiro atoms. The SMILES string of the molecule is CCC(N)Cc1ccc([N+](=O)[O-])cc1F. The molecule has 1 rings (SSSR count). The summed E-state index contributed by atoms with van der Waals surface area (Å²) in [6.45, 7) is 1.91. The molecule has 0 aromatic heterocycles. The monoisotopic (exact) mass is 212 g/mol. The van der Waals surface area contributed by atoms with Gasteiger partial charge in [-0.15, -0.1) is 0 Å². The van der Waals surface area contributed by atoms with Gasteiger partial charge in [0.05, 0.1) is 11.0 Å². The van der Waals surface area contributed by atoms with Gasteiger partial charge in [-0.3, -0.25) is 10.1 Å². The molecule has 1 aromatic rings. The average Bonchev–Trinajstić information content (AvgIpc) is 2.20. The van der Waals surface area contributed by atoms with Crippen molar-refractivity contribution in [3.63, 3.8) is 0 Å². The first-order chi connectivity index (χ1) is 7.04. The lowest BCUT2D eigenvalue weighted by atomic mass is 10.0. The minimum absolute atomic E-state index is 0.110. The van der Waals surface area contributed by atoms with Gasteiger partial charge in [0.1, 0.15) is 5.82 Å². The Hall–Kier alpha value is -1.49. The minimum atomic E-state index is -0.618. The van der Waals surface area contributed by atoms with Crippen LogP contribution in [0, 0.1) is 15.9 Å². The molecule has 0 amide bonds. The second kappa shape index (κ2) is 4.84. The summed E-state index contributed by atoms with van der Waals surface area (Å²) < 4.78 is 13.3. The maximum absolute atomic E-state index is 13.3. The zero-order valence-electron chi connectivity index (χ0n) is 8.44. The van der Waals surface area contributed by atoms with Crippen LogP contribution in [0.25, 0.3) is 0 Å². The van der Waals surface area contributed by atoms with Crippen LogP contribution in [0.3, 0.4) is 0 Å². The molecular formula is C10H13FN2O2. The molecule has 0 bridgehead atoms. The first-order valence-corrected chi connectivity index (χ1v) is 4.73. The van der Waals surface area contributed by atoms with Crippen LogP contribution in [-0.2, 0) is 6.42 Å². The van der Waals surface area contributed by atoms with E-state index in [1.54, 1.807) is 0 Å². The van der Waals surface area contributed by atoms with Crippen molar-refractivity contribution in [2.24, 2.45) is 5.73 Å². The quantitative estimate of drug-likeness (QED) is 0.613. The molecule has 15 heavy (non-hydrogen) atoms. The fraction of sp³-hybridized carbons (Fsp3) is 0.400. The minimum Gasteiger partial charge on any atom is -0.327 e. The molecule has 0 saturated carbocycles. The van der Waals surface area contributed by atoms with Gasteiger partial charge in [0, 0.05) is 12.1 Å². The van der Waals surface area contributed by atoms with Gasteiger partial charge in [0.15, 0.2) is 0 Å². The standard InChI is InChI=1S/C10H13FN2O2/c1-2-8(12)5-7-3-4-9(13(14)15)6-10(7)11/h3-4,6,8H,2,5,12H2,1H3. The second-order valence-electron chi connectivity index (χ2n) is 3.41. The summed E-state index contributed by atoms with van der Waals surface area (Å²) in [4.78, 5) is 9.74. The lowest BCUT2D eigenvalue weighted by Gasteiger charge is -2.08. The number of benzene rings is 1. The van der Waals surface area contributed by atoms with Crippen molar-refractivity contribution < 1.29 is 9.31 Å². The van der Waals surface area contributed by atoms with Gasteiger partial charge in [-0.25, -0.2) is 4.39 Å². The van der Waals surface area contributed by atoms with Gasteiger partial charge >= 0.3 is 0 Å². The van der Waals surface area contributed by atoms with E-state index in [1.807, 2.05) is 6.92 Å². The van der Waals surface area contributed by atoms with Crippen molar-refractivity contribution in [3.8, 4) is 0 Å². The smallest absolute Gasteiger partial charge is 0.272 e. The predicted octanol–water partition coefficient (Wildman–Crippen LogP) is 2.01. The fourth-order valence-electron chi connectivity index (χ4n) is 1.24. The number of hydrogen-bond donors (Lipinski definition) is 1. The van der Waals surface area contributed by atoms with Gasteiger partial charge in [0.25, 0.3) is 5.69 Å². The Balaban J connectivity index is 2.88. The molecular weight excluding hydrogens is 199 g/mol. The zero-order chi connectivity index (χ0) is 11.4. The van der Waals surface area contributed by atoms with Gasteiger partial charge in [-0.2, -0.15) is 0 Å². The molecule has 0 aliphatic carbocycles. The summed E-state index contributed by atoms with van der Waals surface area (Å²) in [5, 5.41) is 10.4. The van der Waals surface area contributed by atoms with E-state index in [2.05, 4.69) is 0 Å². The summed E-state index contributed by atoms with van der Waals surface area (Å²) in [6, 6.07) is 3.53. The van der Waals surface area contributed by atoms with Crippen molar-refractivity contribution in [2.45, 2.75) is 25.8 Å². The summed E-state index contributed by atoms with van der Waals surface area (Å²) in [5.74, 6) is -0.562. The second-order valence-corrected chi connectivity index (χ2v) is 3.41. The fourth-order valence-corrected chi connectivity index (χ4v) is 1.24. The van der Waals surface area contributed by atoms with Crippen molar-refractivity contribution in [3.05, 3.63) is 39.7 Å². The largest absolute Gasteiger partial charge is 0.327 e. The lowest BCUT2D eigenvalue weighted by Crippen LogP contribution is -2.21. The first-order valence-electron chi connectivity index (χ1n) is 4.73. The molecule has 0 heterocycles. The number of nitrogens with zero attached hydrogens (tertiary/aromatic N) is 1. The van der Waals surface area contributed by atoms with Gasteiger partial charge in [0.2, 0.25) is 0 Å². The highest BCUT2D eigenvalue weighted by molar-refractivity contribution is 5.34. The number of nitro groups is 1. The van der Waals surface area contributed by atoms with Crippen molar-refractivity contribution in [1.82, 2.24) is 0 Å². The first kappa shape index (κ1) is 11.6. The Bertz CT molecular complexity index is 368. The highest BCUT2D eigenvalue weighted by atomic mass is 19.1. The van der Waals surface area contributed by atoms with E-state index in [0.717, 1.165) is 12.5 Å². The van der Waals surface area contributed by atoms with E-state index in [0.29, 0.717) is 12.0 Å². The molecule has 1 atom stereocenters. The molecule has 0 aliphatic rings. The predicted molar refractivity (Wildman–Crippen MR) is 55.0 cm³/mol. The third kappa shape index (κ3) is 2.99. The molecule has 0 saturated heterocycles. The van der Waals surface area contributed by atoms with Gasteiger partial charge < -0.3 is 5.73 Å². The van der Waals surface area contributed by atoms with E-state index in [4.69, 9.17) is 5.73 Å². The number of halogens is 1. The maximum Gasteiger partial charge on any atom is 0.272 e. The van der Waals surface area contributed by atoms with Gasteiger partial charge in [-0.1, -0.05) is 6.92 Å². The van der Waals surface area contributed by atoms with Crippen LogP contribution in [0.2, 0.25) is 0 Å². The molecule has 1 aromatic carbocycles. The number of nitro benzene ring substituents is 1. The Labute approximate surface area is 87.0 Å². The summed E-state index contributed by atoms with van der Waals surface area (Å²) in [7, 11) is 0. The van der Waals surface area contributed by atoms with Crippen LogP contribution in [0.4, 0.5) is 10.1 Å². The molecule has 0 fully saturated rings. The Kier molecular flexibility index (Phi) is 3.74. The van der Waals surface area contributed by atoms with E-state index in [1.165, 1.54) is 12.1 Å². The highest BCUT2D eigenvalue weighted by Gasteiger charge is 2.12. The topological polar surface area (TPSA) is 69.2 Å². The maximum atomic E-state index is 13.3. The van der Waals surface area contributed by atoms with Crippen LogP contribution in [-0.4, -0.2) is 11.0 Å². The van der Waals surface area contributed by atoms with Crippen LogP contribution in [0.1, 0.15) is 18.9 Å². The number of hydrogen-bond acceptors (Lipinski definition) is 3. The molecule has 0 aliphatic heterocycles. The molecule has 1 unspecified atom stereocenters. The molecule has 5 heteroatoms. The summed E-state index contributed by atoms with van der Waals surface area (Å²) in [5.41, 5.74) is 5.86. The van der Waals surface area contributed by atoms with Crippen LogP contribution in [0.15, 0.2) is 18.2 Å². The number of rotatable bonds is 4. The highest BCUT2D eigenvalue weighted by Crippen LogP contribution is 2.17. The zero-order valence-corrected chi connectivity index (χ0v) is 8.44. The van der Waals surface area contributed by atoms with Crippen molar-refractivity contribution >= 4 is 5.69 Å². The lowest BCUT2D eigenvalue weighted by molar-refractivity contribution is -0.385. The third-order valence-electron chi connectivity index (χ3n) is 2.25. The Morgan fingerprint density at radius 1 is 1.60 bits per heavy atom. The van der Waals surface area contributed by atoms with Crippen molar-refractivity contribution in [1.29, 1.82) is 0 Å². The van der Waals surface area contributed by atoms with Crippen LogP contribution in [0.5, 0.6) is 0 Å². The van der Waals surface area contributed by atoms with E-state index in [-0.39, 0.29) is 11.7 Å². The Morgan fingerprint density at radius 2 is 2.27 bits per heavy atom. The van der Waals surface area contributed by atoms with Gasteiger partial charge in [-0.05, 0) is 24.5 Å². The third-order valence-corrected chi connectivity index (χ3v) is 2.25. The van der Waals surface area contributed by atoms with E-state index < -0.39 is 10.7 Å². The van der Waals surface area contributed by atoms with E-state index in [9.17, 15) is 14.5 Å².